The Morgan fingerprint density at radius 3 is 1.56 bits per heavy atom. The summed E-state index contributed by atoms with van der Waals surface area (Å²) >= 11 is 0. The minimum atomic E-state index is -0.369. The van der Waals surface area contributed by atoms with E-state index in [1.165, 1.54) is 77.0 Å². The number of hydrogen-bond donors (Lipinski definition) is 2. The normalized spacial score (nSPS) is 50.4. The molecule has 0 aromatic heterocycles. The van der Waals surface area contributed by atoms with Crippen molar-refractivity contribution < 1.29 is 19.1 Å². The highest BCUT2D eigenvalue weighted by molar-refractivity contribution is 5.86. The van der Waals surface area contributed by atoms with Crippen LogP contribution in [-0.4, -0.2) is 48.3 Å². The van der Waals surface area contributed by atoms with Gasteiger partial charge in [0.15, 0.2) is 0 Å². The highest BCUT2D eigenvalue weighted by Gasteiger charge is 2.64. The molecule has 6 heteroatoms. The minimum absolute atomic E-state index is 0.0427. The van der Waals surface area contributed by atoms with Crippen LogP contribution in [0.15, 0.2) is 0 Å². The molecule has 0 spiro atoms. The second kappa shape index (κ2) is 9.18. The van der Waals surface area contributed by atoms with Crippen molar-refractivity contribution in [3.8, 4) is 0 Å². The van der Waals surface area contributed by atoms with Crippen LogP contribution < -0.4 is 10.6 Å². The molecular weight excluding hydrogens is 488 g/mol. The zero-order valence-corrected chi connectivity index (χ0v) is 23.9. The van der Waals surface area contributed by atoms with E-state index >= 15 is 0 Å². The van der Waals surface area contributed by atoms with Crippen molar-refractivity contribution in [1.82, 2.24) is 10.6 Å². The van der Waals surface area contributed by atoms with E-state index in [1.54, 1.807) is 0 Å². The summed E-state index contributed by atoms with van der Waals surface area (Å²) in [6.45, 7) is 1.01. The maximum absolute atomic E-state index is 14.1. The average molecular weight is 539 g/mol. The van der Waals surface area contributed by atoms with Gasteiger partial charge in [-0.25, -0.2) is 0 Å². The first-order valence-corrected chi connectivity index (χ1v) is 16.7. The summed E-state index contributed by atoms with van der Waals surface area (Å²) in [5.74, 6) is 5.31. The smallest absolute Gasteiger partial charge is 0.246 e. The van der Waals surface area contributed by atoms with Crippen molar-refractivity contribution in [1.29, 1.82) is 0 Å². The molecule has 10 rings (SSSR count). The van der Waals surface area contributed by atoms with Crippen molar-refractivity contribution in [3.05, 3.63) is 0 Å². The largest absolute Gasteiger partial charge is 0.371 e. The second-order valence-electron chi connectivity index (χ2n) is 16.1. The highest BCUT2D eigenvalue weighted by atomic mass is 16.5. The molecule has 39 heavy (non-hydrogen) atoms. The Morgan fingerprint density at radius 2 is 1.08 bits per heavy atom. The Balaban J connectivity index is 0.848. The average Bonchev–Trinajstić information content (AvgIpc) is 3.38. The number of carbonyl (C=O) groups excluding carboxylic acids is 2. The van der Waals surface area contributed by atoms with E-state index in [2.05, 4.69) is 10.6 Å². The quantitative estimate of drug-likeness (QED) is 0.392. The fourth-order valence-corrected chi connectivity index (χ4v) is 12.9. The topological polar surface area (TPSA) is 76.7 Å². The molecule has 0 aliphatic heterocycles. The lowest BCUT2D eigenvalue weighted by atomic mass is 9.53. The fraction of sp³-hybridized carbons (Fsp3) is 0.939. The molecule has 0 heterocycles. The molecule has 0 aromatic carbocycles. The Labute approximate surface area is 234 Å². The highest BCUT2D eigenvalue weighted by Crippen LogP contribution is 2.61. The molecule has 0 radical (unpaired) electrons. The van der Waals surface area contributed by atoms with Gasteiger partial charge in [0.2, 0.25) is 11.8 Å². The van der Waals surface area contributed by atoms with Gasteiger partial charge in [0.1, 0.15) is 6.61 Å². The second-order valence-corrected chi connectivity index (χ2v) is 16.1. The number of nitrogens with one attached hydrogen (secondary N) is 2. The minimum Gasteiger partial charge on any atom is -0.371 e. The number of amides is 2. The third kappa shape index (κ3) is 4.23. The van der Waals surface area contributed by atoms with E-state index in [9.17, 15) is 9.59 Å². The number of ether oxygens (including phenoxy) is 2. The molecule has 6 nitrogen and oxygen atoms in total. The Bertz CT molecular complexity index is 925. The summed E-state index contributed by atoms with van der Waals surface area (Å²) in [7, 11) is 0. The first-order chi connectivity index (χ1) is 18.9. The van der Waals surface area contributed by atoms with Crippen LogP contribution in [0.5, 0.6) is 0 Å². The van der Waals surface area contributed by atoms with Gasteiger partial charge in [-0.15, -0.1) is 0 Å². The van der Waals surface area contributed by atoms with Gasteiger partial charge in [0.05, 0.1) is 24.2 Å². The number of rotatable bonds is 9. The monoisotopic (exact) mass is 538 g/mol. The van der Waals surface area contributed by atoms with Gasteiger partial charge >= 0.3 is 0 Å². The number of carbonyl (C=O) groups is 2. The van der Waals surface area contributed by atoms with Crippen LogP contribution in [0.1, 0.15) is 116 Å². The third-order valence-electron chi connectivity index (χ3n) is 13.4. The predicted octanol–water partition coefficient (Wildman–Crippen LogP) is 5.28. The van der Waals surface area contributed by atoms with Crippen molar-refractivity contribution >= 4 is 11.8 Å². The molecule has 0 saturated heterocycles. The van der Waals surface area contributed by atoms with Gasteiger partial charge < -0.3 is 20.1 Å². The maximum Gasteiger partial charge on any atom is 0.246 e. The zero-order chi connectivity index (χ0) is 26.3. The van der Waals surface area contributed by atoms with Crippen molar-refractivity contribution in [2.24, 2.45) is 40.9 Å². The molecule has 8 bridgehead atoms. The zero-order valence-electron chi connectivity index (χ0n) is 23.9. The van der Waals surface area contributed by atoms with Gasteiger partial charge in [-0.1, -0.05) is 0 Å². The van der Waals surface area contributed by atoms with Crippen molar-refractivity contribution in [2.45, 2.75) is 132 Å². The van der Waals surface area contributed by atoms with E-state index < -0.39 is 0 Å². The Morgan fingerprint density at radius 1 is 0.615 bits per heavy atom. The Hall–Kier alpha value is -1.14. The maximum atomic E-state index is 14.1. The van der Waals surface area contributed by atoms with Crippen LogP contribution in [0.25, 0.3) is 0 Å². The molecule has 2 N–H and O–H groups in total. The van der Waals surface area contributed by atoms with Gasteiger partial charge in [0.25, 0.3) is 0 Å². The molecule has 0 atom stereocenters. The molecule has 10 saturated carbocycles. The molecule has 10 aliphatic rings. The summed E-state index contributed by atoms with van der Waals surface area (Å²) in [4.78, 5) is 27.0. The summed E-state index contributed by atoms with van der Waals surface area (Å²) in [5, 5.41) is 7.15. The Kier molecular flexibility index (Phi) is 6.02. The molecule has 10 aliphatic carbocycles. The summed E-state index contributed by atoms with van der Waals surface area (Å²) in [6, 6.07) is 0. The van der Waals surface area contributed by atoms with Gasteiger partial charge in [-0.3, -0.25) is 9.59 Å². The van der Waals surface area contributed by atoms with E-state index in [4.69, 9.17) is 9.47 Å². The molecular formula is C33H50N2O4. The first kappa shape index (κ1) is 25.6. The van der Waals surface area contributed by atoms with Crippen LogP contribution in [0, 0.1) is 40.9 Å². The number of fused-ring (bicyclic) bond motifs is 1. The lowest BCUT2D eigenvalue weighted by molar-refractivity contribution is -0.158. The van der Waals surface area contributed by atoms with Gasteiger partial charge in [-0.2, -0.15) is 0 Å². The van der Waals surface area contributed by atoms with Crippen LogP contribution in [0.3, 0.4) is 0 Å². The number of hydrogen-bond acceptors (Lipinski definition) is 4. The van der Waals surface area contributed by atoms with E-state index in [0.29, 0.717) is 19.1 Å². The van der Waals surface area contributed by atoms with Crippen LogP contribution in [0.2, 0.25) is 0 Å². The van der Waals surface area contributed by atoms with Crippen molar-refractivity contribution in [2.75, 3.05) is 19.8 Å². The molecule has 0 aromatic rings. The van der Waals surface area contributed by atoms with Crippen LogP contribution in [0.4, 0.5) is 0 Å². The van der Waals surface area contributed by atoms with E-state index in [1.807, 2.05) is 0 Å². The lowest BCUT2D eigenvalue weighted by Gasteiger charge is -2.57. The molecule has 10 fully saturated rings. The van der Waals surface area contributed by atoms with E-state index in [-0.39, 0.29) is 34.6 Å². The van der Waals surface area contributed by atoms with Gasteiger partial charge in [-0.05, 0) is 151 Å². The van der Waals surface area contributed by atoms with Crippen LogP contribution >= 0.6 is 0 Å². The summed E-state index contributed by atoms with van der Waals surface area (Å²) in [6.07, 6.45) is 21.5. The molecule has 216 valence electrons. The fourth-order valence-electron chi connectivity index (χ4n) is 12.9. The van der Waals surface area contributed by atoms with E-state index in [0.717, 1.165) is 74.0 Å². The summed E-state index contributed by atoms with van der Waals surface area (Å²) in [5.41, 5.74) is -0.608. The standard InChI is InChI=1S/C33H50N2O4/c36-28(34-30-15-22-9-23(16-30)11-24(10-22)17-30)21-38-7-8-39-33-5-1-3-32(33,4-2-6-33)29(37)35-31-18-25-12-26(19-31)14-27(13-25)20-31/h22-27H,1-21H2,(H,34,36)(H,35,37). The first-order valence-electron chi connectivity index (χ1n) is 16.7. The third-order valence-corrected chi connectivity index (χ3v) is 13.4. The summed E-state index contributed by atoms with van der Waals surface area (Å²) < 4.78 is 12.5. The SMILES string of the molecule is O=C(COCCOC12CCCC1(C(=O)NC13CC4CC(CC(C4)C1)C3)CCC2)NC12CC3CC(CC(C3)C1)C2. The van der Waals surface area contributed by atoms with Crippen LogP contribution in [-0.2, 0) is 19.1 Å². The van der Waals surface area contributed by atoms with Gasteiger partial charge in [0, 0.05) is 11.1 Å². The molecule has 2 amide bonds. The lowest BCUT2D eigenvalue weighted by Crippen LogP contribution is -2.64. The van der Waals surface area contributed by atoms with Crippen molar-refractivity contribution in [3.63, 3.8) is 0 Å². The predicted molar refractivity (Wildman–Crippen MR) is 148 cm³/mol. The molecule has 0 unspecified atom stereocenters.